The molecule has 1 unspecified atom stereocenters. The number of amides is 1. The Morgan fingerprint density at radius 2 is 1.87 bits per heavy atom. The number of hydrogen-bond donors (Lipinski definition) is 1. The first-order valence-electron chi connectivity index (χ1n) is 9.84. The van der Waals surface area contributed by atoms with E-state index in [-0.39, 0.29) is 23.7 Å². The van der Waals surface area contributed by atoms with E-state index in [1.54, 1.807) is 6.92 Å². The summed E-state index contributed by atoms with van der Waals surface area (Å²) < 4.78 is 56.5. The Labute approximate surface area is 181 Å². The molecular weight excluding hydrogens is 427 g/mol. The molecule has 0 aromatic heterocycles. The Kier molecular flexibility index (Phi) is 7.47. The fourth-order valence-electron chi connectivity index (χ4n) is 3.09. The van der Waals surface area contributed by atoms with E-state index in [1.165, 1.54) is 53.9 Å². The van der Waals surface area contributed by atoms with Crippen LogP contribution in [0.15, 0.2) is 47.4 Å². The number of carbonyl (C=O) groups is 1. The molecule has 1 heterocycles. The fourth-order valence-corrected chi connectivity index (χ4v) is 4.53. The van der Waals surface area contributed by atoms with Crippen LogP contribution >= 0.6 is 0 Å². The van der Waals surface area contributed by atoms with Gasteiger partial charge in [0, 0.05) is 13.1 Å². The van der Waals surface area contributed by atoms with Gasteiger partial charge < -0.3 is 19.5 Å². The number of benzene rings is 2. The number of carbonyl (C=O) groups excluding carboxylic acids is 1. The summed E-state index contributed by atoms with van der Waals surface area (Å²) in [7, 11) is -2.32. The number of halogens is 1. The van der Waals surface area contributed by atoms with Gasteiger partial charge in [-0.2, -0.15) is 4.31 Å². The molecule has 8 nitrogen and oxygen atoms in total. The number of ether oxygens (including phenoxy) is 3. The predicted octanol–water partition coefficient (Wildman–Crippen LogP) is 2.65. The minimum absolute atomic E-state index is 0.0398. The third-order valence-corrected chi connectivity index (χ3v) is 6.69. The van der Waals surface area contributed by atoms with Crippen molar-refractivity contribution >= 4 is 21.6 Å². The van der Waals surface area contributed by atoms with Gasteiger partial charge in [0.15, 0.2) is 6.10 Å². The molecule has 1 amide bonds. The van der Waals surface area contributed by atoms with Crippen LogP contribution < -0.4 is 14.8 Å². The third kappa shape index (κ3) is 5.52. The van der Waals surface area contributed by atoms with Gasteiger partial charge >= 0.3 is 0 Å². The topological polar surface area (TPSA) is 94.2 Å². The van der Waals surface area contributed by atoms with E-state index in [1.807, 2.05) is 0 Å². The normalized spacial score (nSPS) is 15.8. The highest BCUT2D eigenvalue weighted by Gasteiger charge is 2.28. The Bertz CT molecular complexity index is 1010. The van der Waals surface area contributed by atoms with Crippen molar-refractivity contribution in [1.29, 1.82) is 0 Å². The van der Waals surface area contributed by atoms with Crippen LogP contribution in [0.3, 0.4) is 0 Å². The Morgan fingerprint density at radius 1 is 1.19 bits per heavy atom. The van der Waals surface area contributed by atoms with Crippen molar-refractivity contribution in [3.63, 3.8) is 0 Å². The summed E-state index contributed by atoms with van der Waals surface area (Å²) in [5.41, 5.74) is 0.211. The van der Waals surface area contributed by atoms with E-state index >= 15 is 0 Å². The van der Waals surface area contributed by atoms with Crippen LogP contribution in [-0.4, -0.2) is 58.1 Å². The maximum Gasteiger partial charge on any atom is 0.265 e. The van der Waals surface area contributed by atoms with E-state index in [0.717, 1.165) is 0 Å². The summed E-state index contributed by atoms with van der Waals surface area (Å²) in [4.78, 5) is 12.8. The van der Waals surface area contributed by atoms with Gasteiger partial charge in [-0.05, 0) is 48.9 Å². The van der Waals surface area contributed by atoms with Crippen molar-refractivity contribution in [2.75, 3.05) is 38.7 Å². The summed E-state index contributed by atoms with van der Waals surface area (Å²) >= 11 is 0. The zero-order chi connectivity index (χ0) is 22.4. The van der Waals surface area contributed by atoms with Gasteiger partial charge in [0.1, 0.15) is 17.3 Å². The van der Waals surface area contributed by atoms with Gasteiger partial charge in [-0.25, -0.2) is 12.8 Å². The van der Waals surface area contributed by atoms with Gasteiger partial charge in [0.05, 0.1) is 30.9 Å². The SMILES string of the molecule is CCC(Oc1ccc(F)cc1)C(=O)Nc1cc(S(=O)(=O)N2CCOCC2)ccc1OC. The first-order valence-corrected chi connectivity index (χ1v) is 11.3. The molecule has 168 valence electrons. The van der Waals surface area contributed by atoms with Crippen LogP contribution in [0.2, 0.25) is 0 Å². The van der Waals surface area contributed by atoms with Crippen molar-refractivity contribution in [3.05, 3.63) is 48.3 Å². The maximum absolute atomic E-state index is 13.1. The average molecular weight is 453 g/mol. The molecule has 1 aliphatic rings. The number of sulfonamides is 1. The van der Waals surface area contributed by atoms with Gasteiger partial charge in [0.25, 0.3) is 5.91 Å². The highest BCUT2D eigenvalue weighted by atomic mass is 32.2. The summed E-state index contributed by atoms with van der Waals surface area (Å²) in [5.74, 6) is -0.233. The first-order chi connectivity index (χ1) is 14.8. The van der Waals surface area contributed by atoms with E-state index in [0.29, 0.717) is 31.1 Å². The molecule has 2 aromatic carbocycles. The minimum atomic E-state index is -3.74. The molecule has 10 heteroatoms. The van der Waals surface area contributed by atoms with Crippen LogP contribution in [0.5, 0.6) is 11.5 Å². The predicted molar refractivity (Wildman–Crippen MR) is 112 cm³/mol. The van der Waals surface area contributed by atoms with Crippen LogP contribution in [0, 0.1) is 5.82 Å². The monoisotopic (exact) mass is 452 g/mol. The molecule has 31 heavy (non-hydrogen) atoms. The summed E-state index contributed by atoms with van der Waals surface area (Å²) in [6.07, 6.45) is -0.522. The highest BCUT2D eigenvalue weighted by molar-refractivity contribution is 7.89. The number of hydrogen-bond acceptors (Lipinski definition) is 6. The molecule has 1 N–H and O–H groups in total. The van der Waals surface area contributed by atoms with Crippen LogP contribution in [0.1, 0.15) is 13.3 Å². The van der Waals surface area contributed by atoms with Gasteiger partial charge in [-0.1, -0.05) is 6.92 Å². The molecule has 3 rings (SSSR count). The largest absolute Gasteiger partial charge is 0.495 e. The zero-order valence-corrected chi connectivity index (χ0v) is 18.2. The van der Waals surface area contributed by atoms with Crippen molar-refractivity contribution in [3.8, 4) is 11.5 Å². The van der Waals surface area contributed by atoms with E-state index < -0.39 is 27.9 Å². The number of morpholine rings is 1. The lowest BCUT2D eigenvalue weighted by Gasteiger charge is -2.26. The second kappa shape index (κ2) is 10.1. The number of anilines is 1. The molecule has 0 bridgehead atoms. The lowest BCUT2D eigenvalue weighted by Crippen LogP contribution is -2.40. The second-order valence-corrected chi connectivity index (χ2v) is 8.77. The number of rotatable bonds is 8. The summed E-state index contributed by atoms with van der Waals surface area (Å²) in [5, 5.41) is 2.69. The fraction of sp³-hybridized carbons (Fsp3) is 0.381. The lowest BCUT2D eigenvalue weighted by atomic mass is 10.2. The summed E-state index contributed by atoms with van der Waals surface area (Å²) in [6.45, 7) is 2.96. The van der Waals surface area contributed by atoms with Gasteiger partial charge in [-0.15, -0.1) is 0 Å². The molecular formula is C21H25FN2O6S. The smallest absolute Gasteiger partial charge is 0.265 e. The number of nitrogens with zero attached hydrogens (tertiary/aromatic N) is 1. The molecule has 1 aliphatic heterocycles. The van der Waals surface area contributed by atoms with Crippen LogP contribution in [-0.2, 0) is 19.6 Å². The molecule has 0 spiro atoms. The van der Waals surface area contributed by atoms with Gasteiger partial charge in [0.2, 0.25) is 10.0 Å². The highest BCUT2D eigenvalue weighted by Crippen LogP contribution is 2.30. The lowest BCUT2D eigenvalue weighted by molar-refractivity contribution is -0.122. The standard InChI is InChI=1S/C21H25FN2O6S/c1-3-19(30-16-6-4-15(22)5-7-16)21(25)23-18-14-17(8-9-20(18)28-2)31(26,27)24-10-12-29-13-11-24/h4-9,14,19H,3,10-13H2,1-2H3,(H,23,25). The number of nitrogens with one attached hydrogen (secondary N) is 1. The Hall–Kier alpha value is -2.69. The van der Waals surface area contributed by atoms with Crippen LogP contribution in [0.4, 0.5) is 10.1 Å². The molecule has 1 saturated heterocycles. The molecule has 1 fully saturated rings. The van der Waals surface area contributed by atoms with Crippen molar-refractivity contribution in [2.24, 2.45) is 0 Å². The van der Waals surface area contributed by atoms with Crippen molar-refractivity contribution in [1.82, 2.24) is 4.31 Å². The second-order valence-electron chi connectivity index (χ2n) is 6.84. The Morgan fingerprint density at radius 3 is 2.48 bits per heavy atom. The molecule has 2 aromatic rings. The zero-order valence-electron chi connectivity index (χ0n) is 17.3. The average Bonchev–Trinajstić information content (AvgIpc) is 2.79. The van der Waals surface area contributed by atoms with Crippen molar-refractivity contribution in [2.45, 2.75) is 24.3 Å². The van der Waals surface area contributed by atoms with Crippen molar-refractivity contribution < 1.29 is 31.8 Å². The molecule has 1 atom stereocenters. The molecule has 0 radical (unpaired) electrons. The third-order valence-electron chi connectivity index (χ3n) is 4.79. The summed E-state index contributed by atoms with van der Waals surface area (Å²) in [6, 6.07) is 9.64. The van der Waals surface area contributed by atoms with Crippen LogP contribution in [0.25, 0.3) is 0 Å². The van der Waals surface area contributed by atoms with E-state index in [2.05, 4.69) is 5.32 Å². The van der Waals surface area contributed by atoms with E-state index in [9.17, 15) is 17.6 Å². The first kappa shape index (κ1) is 23.0. The molecule has 0 saturated carbocycles. The van der Waals surface area contributed by atoms with Gasteiger partial charge in [-0.3, -0.25) is 4.79 Å². The minimum Gasteiger partial charge on any atom is -0.495 e. The molecule has 0 aliphatic carbocycles. The Balaban J connectivity index is 1.81. The van der Waals surface area contributed by atoms with E-state index in [4.69, 9.17) is 14.2 Å². The quantitative estimate of drug-likeness (QED) is 0.662. The maximum atomic E-state index is 13.1. The number of methoxy groups -OCH3 is 1.